The number of thioether (sulfide) groups is 2. The monoisotopic (exact) mass is 495 g/mol. The van der Waals surface area contributed by atoms with Gasteiger partial charge in [-0.15, -0.1) is 0 Å². The molecule has 35 heavy (non-hydrogen) atoms. The molecule has 1 amide bonds. The number of ketones is 1. The maximum absolute atomic E-state index is 13.7. The second kappa shape index (κ2) is 8.59. The number of amides is 1. The minimum Gasteiger partial charge on any atom is -0.286 e. The molecule has 1 atom stereocenters. The number of rotatable bonds is 4. The maximum Gasteiger partial charge on any atom is 0.243 e. The summed E-state index contributed by atoms with van der Waals surface area (Å²) in [7, 11) is 0. The predicted octanol–water partition coefficient (Wildman–Crippen LogP) is 6.29. The molecule has 2 heterocycles. The molecule has 0 radical (unpaired) electrons. The van der Waals surface area contributed by atoms with Gasteiger partial charge in [0.05, 0.1) is 11.4 Å². The Morgan fingerprint density at radius 2 is 1.57 bits per heavy atom. The number of nitrogens with zero attached hydrogens (tertiary/aromatic N) is 3. The number of hydrazone groups is 1. The van der Waals surface area contributed by atoms with E-state index in [1.807, 2.05) is 109 Å². The minimum atomic E-state index is -0.921. The van der Waals surface area contributed by atoms with Crippen LogP contribution in [-0.2, 0) is 4.79 Å². The van der Waals surface area contributed by atoms with Crippen LogP contribution in [0.1, 0.15) is 15.9 Å². The summed E-state index contributed by atoms with van der Waals surface area (Å²) in [5.74, 6) is 0.139. The molecule has 2 aliphatic heterocycles. The first-order valence-corrected chi connectivity index (χ1v) is 13.1. The topological polar surface area (TPSA) is 53.0 Å². The molecule has 1 fully saturated rings. The van der Waals surface area contributed by atoms with Gasteiger partial charge in [0.1, 0.15) is 0 Å². The molecule has 0 aromatic heterocycles. The average molecular weight is 496 g/mol. The van der Waals surface area contributed by atoms with E-state index < -0.39 is 4.33 Å². The first kappa shape index (κ1) is 21.9. The Morgan fingerprint density at radius 1 is 0.857 bits per heavy atom. The number of carbonyl (C=O) groups excluding carboxylic acids is 2. The number of fused-ring (bicyclic) bond motifs is 1. The smallest absolute Gasteiger partial charge is 0.243 e. The second-order valence-electron chi connectivity index (χ2n) is 8.45. The van der Waals surface area contributed by atoms with Crippen LogP contribution in [-0.4, -0.2) is 26.8 Å². The van der Waals surface area contributed by atoms with E-state index >= 15 is 0 Å². The Bertz CT molecular complexity index is 1490. The van der Waals surface area contributed by atoms with Gasteiger partial charge < -0.3 is 0 Å². The first-order chi connectivity index (χ1) is 17.0. The third-order valence-corrected chi connectivity index (χ3v) is 8.91. The van der Waals surface area contributed by atoms with Gasteiger partial charge in [0.25, 0.3) is 0 Å². The fraction of sp³-hybridized carbons (Fsp3) is 0.107. The van der Waals surface area contributed by atoms with Crippen molar-refractivity contribution in [2.24, 2.45) is 5.10 Å². The van der Waals surface area contributed by atoms with E-state index in [1.54, 1.807) is 4.90 Å². The number of hydrogen-bond donors (Lipinski definition) is 0. The van der Waals surface area contributed by atoms with E-state index in [4.69, 9.17) is 5.10 Å². The Kier molecular flexibility index (Phi) is 5.39. The SMILES string of the molecule is Cc1ccc(N2N=C(C(=O)c3ccc4ccccc4c3)SC23SCC(=O)N3c2ccccc2)cc1. The summed E-state index contributed by atoms with van der Waals surface area (Å²) < 4.78 is -0.921. The molecule has 4 aromatic rings. The second-order valence-corrected chi connectivity index (χ2v) is 11.0. The van der Waals surface area contributed by atoms with Gasteiger partial charge in [-0.25, -0.2) is 5.01 Å². The van der Waals surface area contributed by atoms with Crippen molar-refractivity contribution < 1.29 is 9.59 Å². The van der Waals surface area contributed by atoms with E-state index in [9.17, 15) is 9.59 Å². The zero-order valence-corrected chi connectivity index (χ0v) is 20.6. The van der Waals surface area contributed by atoms with Gasteiger partial charge in [-0.1, -0.05) is 84.1 Å². The van der Waals surface area contributed by atoms with Gasteiger partial charge in [0, 0.05) is 11.3 Å². The van der Waals surface area contributed by atoms with Crippen molar-refractivity contribution in [1.29, 1.82) is 0 Å². The van der Waals surface area contributed by atoms with Gasteiger partial charge in [-0.2, -0.15) is 5.10 Å². The summed E-state index contributed by atoms with van der Waals surface area (Å²) >= 11 is 2.83. The van der Waals surface area contributed by atoms with Crippen LogP contribution in [0.4, 0.5) is 11.4 Å². The van der Waals surface area contributed by atoms with Crippen LogP contribution in [0, 0.1) is 6.92 Å². The molecule has 5 nitrogen and oxygen atoms in total. The summed E-state index contributed by atoms with van der Waals surface area (Å²) in [5, 5.41) is 9.11. The van der Waals surface area contributed by atoms with Crippen LogP contribution in [0.5, 0.6) is 0 Å². The number of aryl methyl sites for hydroxylation is 1. The zero-order valence-electron chi connectivity index (χ0n) is 18.9. The van der Waals surface area contributed by atoms with Crippen molar-refractivity contribution in [3.05, 3.63) is 108 Å². The Labute approximate surface area is 211 Å². The van der Waals surface area contributed by atoms with E-state index in [2.05, 4.69) is 0 Å². The van der Waals surface area contributed by atoms with Gasteiger partial charge in [-0.3, -0.25) is 14.5 Å². The van der Waals surface area contributed by atoms with E-state index in [0.717, 1.165) is 27.7 Å². The molecule has 6 rings (SSSR count). The summed E-state index contributed by atoms with van der Waals surface area (Å²) in [6.45, 7) is 2.03. The van der Waals surface area contributed by atoms with Crippen LogP contribution in [0.3, 0.4) is 0 Å². The third-order valence-electron chi connectivity index (χ3n) is 6.10. The van der Waals surface area contributed by atoms with E-state index in [0.29, 0.717) is 16.4 Å². The van der Waals surface area contributed by atoms with Crippen molar-refractivity contribution >= 4 is 62.4 Å². The average Bonchev–Trinajstić information content (AvgIpc) is 3.44. The molecular weight excluding hydrogens is 474 g/mol. The van der Waals surface area contributed by atoms with Crippen LogP contribution in [0.2, 0.25) is 0 Å². The molecular formula is C28H21N3O2S2. The minimum absolute atomic E-state index is 0.0135. The van der Waals surface area contributed by atoms with E-state index in [-0.39, 0.29) is 11.7 Å². The van der Waals surface area contributed by atoms with Crippen LogP contribution >= 0.6 is 23.5 Å². The lowest BCUT2D eigenvalue weighted by molar-refractivity contribution is -0.115. The highest BCUT2D eigenvalue weighted by molar-refractivity contribution is 8.28. The molecule has 2 aliphatic rings. The summed E-state index contributed by atoms with van der Waals surface area (Å²) in [6, 6.07) is 31.3. The van der Waals surface area contributed by atoms with Crippen LogP contribution in [0.15, 0.2) is 102 Å². The molecule has 1 spiro atoms. The number of Topliss-reactive ketones (excluding diaryl/α,β-unsaturated/α-hetero) is 1. The molecule has 1 unspecified atom stereocenters. The lowest BCUT2D eigenvalue weighted by atomic mass is 10.0. The molecule has 172 valence electrons. The fourth-order valence-electron chi connectivity index (χ4n) is 4.35. The highest BCUT2D eigenvalue weighted by atomic mass is 32.2. The summed E-state index contributed by atoms with van der Waals surface area (Å²) in [5.41, 5.74) is 3.31. The molecule has 0 saturated carbocycles. The Morgan fingerprint density at radius 3 is 2.34 bits per heavy atom. The highest BCUT2D eigenvalue weighted by Crippen LogP contribution is 2.55. The largest absolute Gasteiger partial charge is 0.286 e. The van der Waals surface area contributed by atoms with Crippen molar-refractivity contribution in [1.82, 2.24) is 0 Å². The lowest BCUT2D eigenvalue weighted by Crippen LogP contribution is -2.51. The molecule has 7 heteroatoms. The van der Waals surface area contributed by atoms with Gasteiger partial charge >= 0.3 is 0 Å². The number of hydrogen-bond acceptors (Lipinski definition) is 6. The standard InChI is InChI=1S/C28H21N3O2S2/c1-19-11-15-24(16-12-19)31-28(30(25(32)18-34-28)23-9-3-2-4-10-23)35-27(29-31)26(33)22-14-13-20-7-5-6-8-21(20)17-22/h2-17H,18H2,1H3. The van der Waals surface area contributed by atoms with Crippen molar-refractivity contribution in [2.75, 3.05) is 15.7 Å². The maximum atomic E-state index is 13.7. The highest BCUT2D eigenvalue weighted by Gasteiger charge is 2.58. The van der Waals surface area contributed by atoms with Crippen LogP contribution < -0.4 is 9.91 Å². The number of anilines is 2. The summed E-state index contributed by atoms with van der Waals surface area (Å²) in [4.78, 5) is 28.7. The third kappa shape index (κ3) is 3.72. The summed E-state index contributed by atoms with van der Waals surface area (Å²) in [6.07, 6.45) is 0. The molecule has 0 bridgehead atoms. The van der Waals surface area contributed by atoms with Gasteiger partial charge in [0.15, 0.2) is 5.04 Å². The first-order valence-electron chi connectivity index (χ1n) is 11.3. The molecule has 0 aliphatic carbocycles. The van der Waals surface area contributed by atoms with Crippen molar-refractivity contribution in [2.45, 2.75) is 11.3 Å². The molecule has 1 saturated heterocycles. The molecule has 4 aromatic carbocycles. The van der Waals surface area contributed by atoms with Crippen LogP contribution in [0.25, 0.3) is 10.8 Å². The normalized spacial score (nSPS) is 19.6. The van der Waals surface area contributed by atoms with Gasteiger partial charge in [0.2, 0.25) is 16.0 Å². The Balaban J connectivity index is 1.45. The Hall–Kier alpha value is -3.55. The van der Waals surface area contributed by atoms with Gasteiger partial charge in [-0.05, 0) is 59.8 Å². The number of benzene rings is 4. The lowest BCUT2D eigenvalue weighted by Gasteiger charge is -2.39. The number of carbonyl (C=O) groups is 2. The number of para-hydroxylation sites is 1. The van der Waals surface area contributed by atoms with Crippen molar-refractivity contribution in [3.63, 3.8) is 0 Å². The fourth-order valence-corrected chi connectivity index (χ4v) is 7.16. The zero-order chi connectivity index (χ0) is 24.0. The van der Waals surface area contributed by atoms with E-state index in [1.165, 1.54) is 23.5 Å². The molecule has 0 N–H and O–H groups in total. The van der Waals surface area contributed by atoms with Crippen molar-refractivity contribution in [3.8, 4) is 0 Å². The predicted molar refractivity (Wildman–Crippen MR) is 146 cm³/mol. The quantitative estimate of drug-likeness (QED) is 0.312.